The van der Waals surface area contributed by atoms with E-state index >= 15 is 0 Å². The summed E-state index contributed by atoms with van der Waals surface area (Å²) in [6.45, 7) is 5.09. The minimum absolute atomic E-state index is 0.122. The molecule has 1 aliphatic heterocycles. The van der Waals surface area contributed by atoms with Crippen LogP contribution in [0.2, 0.25) is 0 Å². The SMILES string of the molecule is CCCCOc1ccc(-c2cc(COCC3(c4ccccc4)CCNCC3)cc(C(F)(F)F)c2)cc1. The van der Waals surface area contributed by atoms with E-state index in [2.05, 4.69) is 24.4 Å². The van der Waals surface area contributed by atoms with Gasteiger partial charge >= 0.3 is 6.18 Å². The lowest BCUT2D eigenvalue weighted by Gasteiger charge is -2.38. The number of rotatable bonds is 10. The van der Waals surface area contributed by atoms with Crippen LogP contribution >= 0.6 is 0 Å². The molecule has 3 aromatic rings. The summed E-state index contributed by atoms with van der Waals surface area (Å²) < 4.78 is 53.0. The van der Waals surface area contributed by atoms with Gasteiger partial charge in [-0.2, -0.15) is 13.2 Å². The third-order valence-electron chi connectivity index (χ3n) is 6.87. The number of halogens is 3. The largest absolute Gasteiger partial charge is 0.494 e. The highest BCUT2D eigenvalue weighted by Gasteiger charge is 2.34. The standard InChI is InChI=1S/C30H34F3NO2/c1-2-3-17-36-28-11-9-24(10-12-28)25-18-23(19-27(20-25)30(31,32)33)21-35-22-29(13-15-34-16-14-29)26-7-5-4-6-8-26/h4-12,18-20,34H,2-3,13-17,21-22H2,1H3. The fraction of sp³-hybridized carbons (Fsp3) is 0.400. The summed E-state index contributed by atoms with van der Waals surface area (Å²) in [5.74, 6) is 0.718. The van der Waals surface area contributed by atoms with E-state index in [1.807, 2.05) is 30.3 Å². The third-order valence-corrected chi connectivity index (χ3v) is 6.87. The minimum atomic E-state index is -4.44. The van der Waals surface area contributed by atoms with Gasteiger partial charge in [-0.05, 0) is 84.9 Å². The summed E-state index contributed by atoms with van der Waals surface area (Å²) in [5.41, 5.74) is 2.16. The quantitative estimate of drug-likeness (QED) is 0.296. The van der Waals surface area contributed by atoms with Crippen LogP contribution in [0.25, 0.3) is 11.1 Å². The van der Waals surface area contributed by atoms with Gasteiger partial charge in [0.05, 0.1) is 25.4 Å². The number of hydrogen-bond acceptors (Lipinski definition) is 3. The highest BCUT2D eigenvalue weighted by Crippen LogP contribution is 2.36. The van der Waals surface area contributed by atoms with E-state index in [-0.39, 0.29) is 12.0 Å². The van der Waals surface area contributed by atoms with Crippen LogP contribution in [-0.2, 0) is 22.9 Å². The molecule has 6 heteroatoms. The van der Waals surface area contributed by atoms with Crippen LogP contribution in [0, 0.1) is 0 Å². The first-order chi connectivity index (χ1) is 17.4. The minimum Gasteiger partial charge on any atom is -0.494 e. The molecule has 1 heterocycles. The lowest BCUT2D eigenvalue weighted by Crippen LogP contribution is -2.43. The molecule has 0 spiro atoms. The summed E-state index contributed by atoms with van der Waals surface area (Å²) in [7, 11) is 0. The molecule has 1 aliphatic rings. The summed E-state index contributed by atoms with van der Waals surface area (Å²) in [6, 6.07) is 21.7. The second-order valence-electron chi connectivity index (χ2n) is 9.53. The zero-order valence-electron chi connectivity index (χ0n) is 20.7. The second-order valence-corrected chi connectivity index (χ2v) is 9.53. The Balaban J connectivity index is 1.52. The molecule has 4 rings (SSSR count). The van der Waals surface area contributed by atoms with E-state index in [1.54, 1.807) is 18.2 Å². The van der Waals surface area contributed by atoms with Gasteiger partial charge in [0, 0.05) is 5.41 Å². The Labute approximate surface area is 211 Å². The summed E-state index contributed by atoms with van der Waals surface area (Å²) in [5, 5.41) is 3.40. The Morgan fingerprint density at radius 2 is 1.61 bits per heavy atom. The predicted octanol–water partition coefficient (Wildman–Crippen LogP) is 7.39. The Hall–Kier alpha value is -2.83. The van der Waals surface area contributed by atoms with Crippen molar-refractivity contribution in [3.63, 3.8) is 0 Å². The van der Waals surface area contributed by atoms with Gasteiger partial charge in [-0.25, -0.2) is 0 Å². The number of hydrogen-bond donors (Lipinski definition) is 1. The highest BCUT2D eigenvalue weighted by molar-refractivity contribution is 5.66. The van der Waals surface area contributed by atoms with Crippen LogP contribution < -0.4 is 10.1 Å². The molecule has 1 saturated heterocycles. The molecule has 36 heavy (non-hydrogen) atoms. The molecule has 0 atom stereocenters. The number of nitrogens with one attached hydrogen (secondary N) is 1. The monoisotopic (exact) mass is 497 g/mol. The lowest BCUT2D eigenvalue weighted by atomic mass is 9.74. The smallest absolute Gasteiger partial charge is 0.416 e. The highest BCUT2D eigenvalue weighted by atomic mass is 19.4. The number of unbranched alkanes of at least 4 members (excludes halogenated alkanes) is 1. The van der Waals surface area contributed by atoms with Crippen molar-refractivity contribution in [3.05, 3.63) is 89.5 Å². The molecule has 0 bridgehead atoms. The number of piperidine rings is 1. The van der Waals surface area contributed by atoms with Crippen molar-refractivity contribution in [1.29, 1.82) is 0 Å². The normalized spacial score (nSPS) is 15.6. The molecule has 0 radical (unpaired) electrons. The number of benzene rings is 3. The average Bonchev–Trinajstić information content (AvgIpc) is 2.90. The maximum absolute atomic E-state index is 13.7. The Morgan fingerprint density at radius 1 is 0.889 bits per heavy atom. The van der Waals surface area contributed by atoms with E-state index in [4.69, 9.17) is 9.47 Å². The van der Waals surface area contributed by atoms with Gasteiger partial charge in [-0.3, -0.25) is 0 Å². The van der Waals surface area contributed by atoms with Crippen molar-refractivity contribution in [2.45, 2.75) is 50.8 Å². The predicted molar refractivity (Wildman–Crippen MR) is 137 cm³/mol. The molecular formula is C30H34F3NO2. The first-order valence-electron chi connectivity index (χ1n) is 12.7. The van der Waals surface area contributed by atoms with Gasteiger partial charge in [0.15, 0.2) is 0 Å². The molecule has 1 fully saturated rings. The molecular weight excluding hydrogens is 463 g/mol. The Bertz CT molecular complexity index is 1090. The molecule has 3 nitrogen and oxygen atoms in total. The molecule has 0 saturated carbocycles. The van der Waals surface area contributed by atoms with Gasteiger partial charge in [0.2, 0.25) is 0 Å². The van der Waals surface area contributed by atoms with Crippen LogP contribution in [0.4, 0.5) is 13.2 Å². The average molecular weight is 498 g/mol. The van der Waals surface area contributed by atoms with Crippen LogP contribution in [-0.4, -0.2) is 26.3 Å². The van der Waals surface area contributed by atoms with Gasteiger partial charge < -0.3 is 14.8 Å². The Kier molecular flexibility index (Phi) is 8.70. The maximum atomic E-state index is 13.7. The maximum Gasteiger partial charge on any atom is 0.416 e. The second kappa shape index (κ2) is 11.9. The number of ether oxygens (including phenoxy) is 2. The number of alkyl halides is 3. The molecule has 3 aromatic carbocycles. The molecule has 0 unspecified atom stereocenters. The van der Waals surface area contributed by atoms with Crippen molar-refractivity contribution >= 4 is 0 Å². The van der Waals surface area contributed by atoms with E-state index in [9.17, 15) is 13.2 Å². The van der Waals surface area contributed by atoms with Crippen molar-refractivity contribution in [3.8, 4) is 16.9 Å². The summed E-state index contributed by atoms with van der Waals surface area (Å²) in [6.07, 6.45) is -0.583. The van der Waals surface area contributed by atoms with Crippen LogP contribution in [0.1, 0.15) is 49.3 Å². The van der Waals surface area contributed by atoms with Crippen molar-refractivity contribution < 1.29 is 22.6 Å². The van der Waals surface area contributed by atoms with Gasteiger partial charge in [0.25, 0.3) is 0 Å². The molecule has 0 amide bonds. The van der Waals surface area contributed by atoms with Gasteiger partial charge in [-0.15, -0.1) is 0 Å². The van der Waals surface area contributed by atoms with Crippen LogP contribution in [0.3, 0.4) is 0 Å². The van der Waals surface area contributed by atoms with Gasteiger partial charge in [-0.1, -0.05) is 55.8 Å². The van der Waals surface area contributed by atoms with Crippen molar-refractivity contribution in [1.82, 2.24) is 5.32 Å². The first kappa shape index (κ1) is 26.2. The molecule has 192 valence electrons. The van der Waals surface area contributed by atoms with E-state index in [0.29, 0.717) is 29.9 Å². The summed E-state index contributed by atoms with van der Waals surface area (Å²) in [4.78, 5) is 0. The van der Waals surface area contributed by atoms with E-state index in [0.717, 1.165) is 44.5 Å². The molecule has 0 aromatic heterocycles. The lowest BCUT2D eigenvalue weighted by molar-refractivity contribution is -0.137. The van der Waals surface area contributed by atoms with Crippen molar-refractivity contribution in [2.75, 3.05) is 26.3 Å². The fourth-order valence-electron chi connectivity index (χ4n) is 4.76. The Morgan fingerprint density at radius 3 is 2.28 bits per heavy atom. The van der Waals surface area contributed by atoms with Crippen molar-refractivity contribution in [2.24, 2.45) is 0 Å². The summed E-state index contributed by atoms with van der Waals surface area (Å²) >= 11 is 0. The molecule has 0 aliphatic carbocycles. The zero-order valence-corrected chi connectivity index (χ0v) is 20.7. The van der Waals surface area contributed by atoms with E-state index < -0.39 is 11.7 Å². The third kappa shape index (κ3) is 6.68. The van der Waals surface area contributed by atoms with Crippen LogP contribution in [0.5, 0.6) is 5.75 Å². The van der Waals surface area contributed by atoms with E-state index in [1.165, 1.54) is 17.7 Å². The van der Waals surface area contributed by atoms with Crippen LogP contribution in [0.15, 0.2) is 72.8 Å². The van der Waals surface area contributed by atoms with Gasteiger partial charge in [0.1, 0.15) is 5.75 Å². The first-order valence-corrected chi connectivity index (χ1v) is 12.7. The zero-order chi connectivity index (χ0) is 25.4. The topological polar surface area (TPSA) is 30.5 Å². The molecule has 1 N–H and O–H groups in total. The fourth-order valence-corrected chi connectivity index (χ4v) is 4.76.